The number of cyclic esters (lactones) is 1. The molecule has 17 nitrogen and oxygen atoms in total. The fraction of sp³-hybridized carbons (Fsp3) is 0.780. The molecule has 6 N–H and O–H groups in total. The number of nitro benzene ring substituents is 1. The molecule has 0 saturated carbocycles. The molecule has 3 rings (SSSR count). The Morgan fingerprint density at radius 3 is 2.26 bits per heavy atom. The van der Waals surface area contributed by atoms with Gasteiger partial charge in [-0.2, -0.15) is 0 Å². The normalized spacial score (nSPS) is 37.0. The van der Waals surface area contributed by atoms with Crippen LogP contribution in [-0.2, 0) is 39.8 Å². The maximum Gasteiger partial charge on any atom is 0.316 e. The van der Waals surface area contributed by atoms with Gasteiger partial charge in [0, 0.05) is 42.7 Å². The standard InChI is InChI=1S/C41H68N4O13/c1-12-32-41(9,52)35(49)27(7)37(50)43-23(3)19-40(8,55-21-30(46)20-42-22(2)17-28-13-15-29(16-14-28)45(53)54)36(25(5)33(47)26(6)38(51)57-32)58-39-34(48)31(44(10)11)18-24(4)56-39/h13-16,22-27,30-32,34-36,39,42,46,48-49,52H,12,17-21H2,1-11H3,(H,43,50)/t22-,23-,24-,25+,26-,27-,30+,31+,32-,34-,35-,36-,39+,40-,41-/m1/s1. The molecular formula is C41H68N4O13. The number of carbonyl (C=O) groups excluding carboxylic acids is 3. The summed E-state index contributed by atoms with van der Waals surface area (Å²) in [6.07, 6.45) is -6.90. The molecule has 0 spiro atoms. The summed E-state index contributed by atoms with van der Waals surface area (Å²) in [7, 11) is 3.65. The molecule has 58 heavy (non-hydrogen) atoms. The van der Waals surface area contributed by atoms with Gasteiger partial charge in [0.05, 0.1) is 47.5 Å². The first-order chi connectivity index (χ1) is 26.9. The zero-order chi connectivity index (χ0) is 43.9. The molecule has 330 valence electrons. The van der Waals surface area contributed by atoms with Crippen LogP contribution < -0.4 is 10.6 Å². The van der Waals surface area contributed by atoms with Crippen LogP contribution in [-0.4, -0.2) is 147 Å². The van der Waals surface area contributed by atoms with Crippen molar-refractivity contribution >= 4 is 23.3 Å². The van der Waals surface area contributed by atoms with Crippen molar-refractivity contribution in [2.75, 3.05) is 27.2 Å². The minimum atomic E-state index is -2.06. The van der Waals surface area contributed by atoms with Gasteiger partial charge in [0.2, 0.25) is 5.91 Å². The summed E-state index contributed by atoms with van der Waals surface area (Å²) in [6, 6.07) is 5.01. The van der Waals surface area contributed by atoms with Crippen LogP contribution in [0.1, 0.15) is 87.1 Å². The number of aliphatic hydroxyl groups excluding tert-OH is 3. The number of ether oxygens (including phenoxy) is 4. The molecule has 17 heteroatoms. The van der Waals surface area contributed by atoms with Crippen LogP contribution in [0.3, 0.4) is 0 Å². The van der Waals surface area contributed by atoms with Gasteiger partial charge < -0.3 is 54.9 Å². The molecule has 0 unspecified atom stereocenters. The number of rotatable bonds is 13. The second-order valence-electron chi connectivity index (χ2n) is 17.2. The number of likely N-dealkylation sites (N-methyl/N-ethyl adjacent to an activating group) is 1. The molecule has 0 aliphatic carbocycles. The number of nitrogens with zero attached hydrogens (tertiary/aromatic N) is 2. The van der Waals surface area contributed by atoms with Crippen LogP contribution in [0, 0.1) is 27.9 Å². The molecule has 1 aromatic rings. The zero-order valence-electron chi connectivity index (χ0n) is 35.9. The number of nitro groups is 1. The lowest BCUT2D eigenvalue weighted by Crippen LogP contribution is -2.60. The summed E-state index contributed by atoms with van der Waals surface area (Å²) in [5.74, 6) is -5.79. The van der Waals surface area contributed by atoms with Gasteiger partial charge in [-0.3, -0.25) is 24.5 Å². The fourth-order valence-electron chi connectivity index (χ4n) is 8.10. The van der Waals surface area contributed by atoms with Crippen molar-refractivity contribution in [1.29, 1.82) is 0 Å². The number of esters is 1. The Morgan fingerprint density at radius 1 is 1.07 bits per heavy atom. The topological polar surface area (TPSA) is 239 Å². The van der Waals surface area contributed by atoms with E-state index >= 15 is 0 Å². The Morgan fingerprint density at radius 2 is 1.69 bits per heavy atom. The average molecular weight is 825 g/mol. The molecule has 2 fully saturated rings. The lowest BCUT2D eigenvalue weighted by atomic mass is 9.79. The molecule has 2 saturated heterocycles. The molecule has 0 radical (unpaired) electrons. The summed E-state index contributed by atoms with van der Waals surface area (Å²) in [4.78, 5) is 54.0. The highest BCUT2D eigenvalue weighted by Crippen LogP contribution is 2.36. The molecule has 0 aromatic heterocycles. The van der Waals surface area contributed by atoms with Crippen molar-refractivity contribution in [3.05, 3.63) is 39.9 Å². The number of non-ortho nitro benzene ring substituents is 1. The smallest absolute Gasteiger partial charge is 0.316 e. The van der Waals surface area contributed by atoms with Crippen molar-refractivity contribution in [3.63, 3.8) is 0 Å². The van der Waals surface area contributed by atoms with Crippen LogP contribution in [0.5, 0.6) is 0 Å². The number of amides is 1. The van der Waals surface area contributed by atoms with E-state index in [1.54, 1.807) is 39.8 Å². The fourth-order valence-corrected chi connectivity index (χ4v) is 8.10. The number of carbonyl (C=O) groups is 3. The lowest BCUT2D eigenvalue weighted by Gasteiger charge is -2.47. The Bertz CT molecular complexity index is 1530. The van der Waals surface area contributed by atoms with Crippen LogP contribution in [0.4, 0.5) is 5.69 Å². The number of ketones is 1. The van der Waals surface area contributed by atoms with E-state index in [0.29, 0.717) is 12.8 Å². The Kier molecular flexibility index (Phi) is 17.7. The van der Waals surface area contributed by atoms with E-state index in [9.17, 15) is 44.9 Å². The molecule has 1 aromatic carbocycles. The molecule has 0 bridgehead atoms. The molecule has 2 aliphatic heterocycles. The molecule has 2 aliphatic rings. The third-order valence-corrected chi connectivity index (χ3v) is 11.7. The van der Waals surface area contributed by atoms with Gasteiger partial charge >= 0.3 is 5.97 Å². The summed E-state index contributed by atoms with van der Waals surface area (Å²) in [6.45, 7) is 14.2. The largest absolute Gasteiger partial charge is 0.459 e. The third kappa shape index (κ3) is 12.5. The minimum Gasteiger partial charge on any atom is -0.459 e. The molecule has 15 atom stereocenters. The molecule has 2 heterocycles. The number of nitrogens with one attached hydrogen (secondary N) is 2. The summed E-state index contributed by atoms with van der Waals surface area (Å²) in [5.41, 5.74) is -2.71. The van der Waals surface area contributed by atoms with Gasteiger partial charge in [-0.15, -0.1) is 0 Å². The highest BCUT2D eigenvalue weighted by Gasteiger charge is 2.51. The van der Waals surface area contributed by atoms with Gasteiger partial charge in [-0.25, -0.2) is 0 Å². The van der Waals surface area contributed by atoms with Gasteiger partial charge in [0.15, 0.2) is 12.1 Å². The highest BCUT2D eigenvalue weighted by atomic mass is 16.7. The molecular weight excluding hydrogens is 756 g/mol. The van der Waals surface area contributed by atoms with E-state index in [4.69, 9.17) is 18.9 Å². The number of hydrogen-bond acceptors (Lipinski definition) is 15. The highest BCUT2D eigenvalue weighted by molar-refractivity contribution is 6.00. The number of aliphatic hydroxyl groups is 4. The van der Waals surface area contributed by atoms with E-state index < -0.39 is 94.4 Å². The third-order valence-electron chi connectivity index (χ3n) is 11.7. The average Bonchev–Trinajstić information content (AvgIpc) is 3.16. The number of Topliss-reactive ketones (excluding diaryl/α,β-unsaturated/α-hetero) is 1. The zero-order valence-corrected chi connectivity index (χ0v) is 35.9. The van der Waals surface area contributed by atoms with Crippen molar-refractivity contribution in [2.24, 2.45) is 17.8 Å². The Hall–Kier alpha value is -3.13. The van der Waals surface area contributed by atoms with Crippen molar-refractivity contribution < 1.29 is 58.7 Å². The van der Waals surface area contributed by atoms with Gasteiger partial charge in [-0.1, -0.05) is 32.9 Å². The second-order valence-corrected chi connectivity index (χ2v) is 17.2. The van der Waals surface area contributed by atoms with E-state index in [1.807, 2.05) is 32.8 Å². The quantitative estimate of drug-likeness (QED) is 0.0721. The lowest BCUT2D eigenvalue weighted by molar-refractivity contribution is -0.384. The van der Waals surface area contributed by atoms with Crippen LogP contribution in [0.2, 0.25) is 0 Å². The van der Waals surface area contributed by atoms with Crippen molar-refractivity contribution in [2.45, 2.75) is 160 Å². The van der Waals surface area contributed by atoms with Crippen molar-refractivity contribution in [1.82, 2.24) is 15.5 Å². The van der Waals surface area contributed by atoms with E-state index in [-0.39, 0.29) is 49.9 Å². The van der Waals surface area contributed by atoms with Crippen LogP contribution in [0.25, 0.3) is 0 Å². The Labute approximate surface area is 342 Å². The van der Waals surface area contributed by atoms with E-state index in [1.165, 1.54) is 32.9 Å². The monoisotopic (exact) mass is 824 g/mol. The van der Waals surface area contributed by atoms with E-state index in [0.717, 1.165) is 5.56 Å². The summed E-state index contributed by atoms with van der Waals surface area (Å²) in [5, 5.41) is 62.6. The van der Waals surface area contributed by atoms with Crippen molar-refractivity contribution in [3.8, 4) is 0 Å². The van der Waals surface area contributed by atoms with Crippen LogP contribution >= 0.6 is 0 Å². The Balaban J connectivity index is 2.00. The summed E-state index contributed by atoms with van der Waals surface area (Å²) < 4.78 is 25.0. The summed E-state index contributed by atoms with van der Waals surface area (Å²) >= 11 is 0. The SMILES string of the molecule is CC[C@H]1OC(=O)[C@H](C)C(=O)[C@H](C)[C@@H](O[C@@H]2O[C@H](C)C[C@H](N(C)C)[C@H]2O)[C@](C)(OC[C@@H](O)CN[C@H](C)Cc2ccc([N+](=O)[O-])cc2)C[C@@H](C)NC(=O)[C@H](C)[C@@H](O)[C@]1(C)O. The predicted molar refractivity (Wildman–Crippen MR) is 213 cm³/mol. The maximum absolute atomic E-state index is 14.4. The maximum atomic E-state index is 14.4. The predicted octanol–water partition coefficient (Wildman–Crippen LogP) is 1.88. The van der Waals surface area contributed by atoms with Gasteiger partial charge in [0.1, 0.15) is 23.7 Å². The minimum absolute atomic E-state index is 0.0111. The first-order valence-electron chi connectivity index (χ1n) is 20.3. The first-order valence-corrected chi connectivity index (χ1v) is 20.3. The first kappa shape index (κ1) is 49.2. The number of hydrogen-bond donors (Lipinski definition) is 6. The van der Waals surface area contributed by atoms with Gasteiger partial charge in [0.25, 0.3) is 5.69 Å². The van der Waals surface area contributed by atoms with E-state index in [2.05, 4.69) is 10.6 Å². The number of benzene rings is 1. The van der Waals surface area contributed by atoms with Gasteiger partial charge in [-0.05, 0) is 86.9 Å². The second kappa shape index (κ2) is 20.9. The molecule has 1 amide bonds. The van der Waals surface area contributed by atoms with Crippen LogP contribution in [0.15, 0.2) is 24.3 Å².